The molecule has 8 heteroatoms. The number of ether oxygens (including phenoxy) is 2. The summed E-state index contributed by atoms with van der Waals surface area (Å²) in [5.41, 5.74) is 1.42. The van der Waals surface area contributed by atoms with E-state index in [9.17, 15) is 9.59 Å². The topological polar surface area (TPSA) is 77.8 Å². The molecule has 0 radical (unpaired) electrons. The van der Waals surface area contributed by atoms with Crippen LogP contribution in [0.1, 0.15) is 23.0 Å². The van der Waals surface area contributed by atoms with Gasteiger partial charge in [0.2, 0.25) is 5.76 Å². The van der Waals surface area contributed by atoms with Gasteiger partial charge in [-0.05, 0) is 25.1 Å². The Bertz CT molecular complexity index is 1030. The second-order valence-electron chi connectivity index (χ2n) is 5.98. The molecule has 0 fully saturated rings. The molecule has 3 rings (SSSR count). The molecular formula is C20H17Cl2NO5. The Kier molecular flexibility index (Phi) is 6.24. The molecule has 1 atom stereocenters. The summed E-state index contributed by atoms with van der Waals surface area (Å²) < 4.78 is 16.1. The first-order valence-corrected chi connectivity index (χ1v) is 9.13. The fraction of sp³-hybridized carbons (Fsp3) is 0.200. The van der Waals surface area contributed by atoms with E-state index in [-0.39, 0.29) is 17.4 Å². The molecule has 1 unspecified atom stereocenters. The summed E-state index contributed by atoms with van der Waals surface area (Å²) in [6.45, 7) is 1.62. The highest BCUT2D eigenvalue weighted by atomic mass is 35.5. The molecule has 0 aliphatic heterocycles. The summed E-state index contributed by atoms with van der Waals surface area (Å²) in [4.78, 5) is 25.0. The Morgan fingerprint density at radius 2 is 1.89 bits per heavy atom. The summed E-state index contributed by atoms with van der Waals surface area (Å²) in [6, 6.07) is 12.0. The Morgan fingerprint density at radius 3 is 2.64 bits per heavy atom. The van der Waals surface area contributed by atoms with Crippen LogP contribution in [0.25, 0.3) is 11.0 Å². The number of hydrogen-bond acceptors (Lipinski definition) is 5. The van der Waals surface area contributed by atoms with Crippen molar-refractivity contribution in [3.63, 3.8) is 0 Å². The molecule has 0 bridgehead atoms. The number of amides is 1. The minimum atomic E-state index is -1.09. The predicted octanol–water partition coefficient (Wildman–Crippen LogP) is 5.07. The van der Waals surface area contributed by atoms with Crippen molar-refractivity contribution >= 4 is 51.7 Å². The number of halogens is 2. The lowest BCUT2D eigenvalue weighted by Crippen LogP contribution is -2.30. The average molecular weight is 422 g/mol. The molecule has 3 aromatic rings. The quantitative estimate of drug-likeness (QED) is 0.562. The summed E-state index contributed by atoms with van der Waals surface area (Å²) in [5, 5.41) is 3.84. The van der Waals surface area contributed by atoms with Crippen LogP contribution in [-0.2, 0) is 20.9 Å². The van der Waals surface area contributed by atoms with Crippen LogP contribution in [0.5, 0.6) is 0 Å². The average Bonchev–Trinajstić information content (AvgIpc) is 3.04. The largest absolute Gasteiger partial charge is 0.449 e. The van der Waals surface area contributed by atoms with Crippen molar-refractivity contribution < 1.29 is 23.5 Å². The van der Waals surface area contributed by atoms with Crippen LogP contribution in [0.2, 0.25) is 10.0 Å². The number of carbonyl (C=O) groups is 2. The fourth-order valence-electron chi connectivity index (χ4n) is 2.65. The molecule has 6 nitrogen and oxygen atoms in total. The van der Waals surface area contributed by atoms with E-state index in [0.717, 1.165) is 5.39 Å². The van der Waals surface area contributed by atoms with Crippen LogP contribution >= 0.6 is 23.2 Å². The van der Waals surface area contributed by atoms with E-state index in [1.165, 1.54) is 14.0 Å². The van der Waals surface area contributed by atoms with Gasteiger partial charge in [-0.2, -0.15) is 0 Å². The van der Waals surface area contributed by atoms with E-state index in [2.05, 4.69) is 5.32 Å². The van der Waals surface area contributed by atoms with Gasteiger partial charge in [-0.3, -0.25) is 4.79 Å². The monoisotopic (exact) mass is 421 g/mol. The number of nitrogens with one attached hydrogen (secondary N) is 1. The van der Waals surface area contributed by atoms with Crippen LogP contribution in [0.4, 0.5) is 5.69 Å². The lowest BCUT2D eigenvalue weighted by Gasteiger charge is -2.14. The molecule has 0 spiro atoms. The maximum absolute atomic E-state index is 12.6. The molecule has 0 saturated heterocycles. The van der Waals surface area contributed by atoms with Crippen molar-refractivity contribution in [3.8, 4) is 0 Å². The molecule has 1 heterocycles. The number of methoxy groups -OCH3 is 1. The van der Waals surface area contributed by atoms with E-state index in [1.54, 1.807) is 30.3 Å². The SMILES string of the molecule is COCc1c(C(=O)OC(C)C(=O)Nc2cccc(Cl)c2Cl)oc2ccccc12. The lowest BCUT2D eigenvalue weighted by atomic mass is 10.1. The van der Waals surface area contributed by atoms with Crippen LogP contribution in [0.15, 0.2) is 46.9 Å². The first-order valence-electron chi connectivity index (χ1n) is 8.37. The number of anilines is 1. The van der Waals surface area contributed by atoms with Crippen molar-refractivity contribution in [2.24, 2.45) is 0 Å². The number of para-hydroxylation sites is 1. The third-order valence-electron chi connectivity index (χ3n) is 4.03. The molecule has 146 valence electrons. The van der Waals surface area contributed by atoms with Gasteiger partial charge in [-0.15, -0.1) is 0 Å². The fourth-order valence-corrected chi connectivity index (χ4v) is 3.00. The molecule has 28 heavy (non-hydrogen) atoms. The van der Waals surface area contributed by atoms with E-state index >= 15 is 0 Å². The second-order valence-corrected chi connectivity index (χ2v) is 6.76. The zero-order valence-electron chi connectivity index (χ0n) is 15.1. The maximum Gasteiger partial charge on any atom is 0.375 e. The molecule has 0 aliphatic rings. The highest BCUT2D eigenvalue weighted by Crippen LogP contribution is 2.30. The summed E-state index contributed by atoms with van der Waals surface area (Å²) in [7, 11) is 1.52. The van der Waals surface area contributed by atoms with Crippen LogP contribution in [0.3, 0.4) is 0 Å². The van der Waals surface area contributed by atoms with Crippen molar-refractivity contribution in [1.29, 1.82) is 0 Å². The molecule has 1 N–H and O–H groups in total. The van der Waals surface area contributed by atoms with Crippen molar-refractivity contribution in [2.75, 3.05) is 12.4 Å². The number of carbonyl (C=O) groups excluding carboxylic acids is 2. The van der Waals surface area contributed by atoms with Gasteiger partial charge < -0.3 is 19.2 Å². The Labute approximate surface area is 171 Å². The van der Waals surface area contributed by atoms with E-state index in [1.807, 2.05) is 12.1 Å². The highest BCUT2D eigenvalue weighted by Gasteiger charge is 2.26. The summed E-state index contributed by atoms with van der Waals surface area (Å²) in [6.07, 6.45) is -1.09. The zero-order chi connectivity index (χ0) is 20.3. The van der Waals surface area contributed by atoms with E-state index in [0.29, 0.717) is 21.9 Å². The summed E-state index contributed by atoms with van der Waals surface area (Å²) in [5.74, 6) is -1.31. The number of rotatable bonds is 6. The molecule has 0 saturated carbocycles. The Hall–Kier alpha value is -2.54. The van der Waals surface area contributed by atoms with Gasteiger partial charge in [0.1, 0.15) is 5.58 Å². The lowest BCUT2D eigenvalue weighted by molar-refractivity contribution is -0.123. The van der Waals surface area contributed by atoms with Gasteiger partial charge >= 0.3 is 5.97 Å². The van der Waals surface area contributed by atoms with E-state index in [4.69, 9.17) is 37.1 Å². The van der Waals surface area contributed by atoms with Crippen molar-refractivity contribution in [3.05, 3.63) is 63.8 Å². The van der Waals surface area contributed by atoms with E-state index < -0.39 is 18.0 Å². The van der Waals surface area contributed by atoms with Crippen molar-refractivity contribution in [1.82, 2.24) is 0 Å². The first kappa shape index (κ1) is 20.2. The van der Waals surface area contributed by atoms with Gasteiger partial charge in [-0.1, -0.05) is 47.5 Å². The number of fused-ring (bicyclic) bond motifs is 1. The third kappa shape index (κ3) is 4.14. The van der Waals surface area contributed by atoms with Gasteiger partial charge in [0, 0.05) is 18.1 Å². The zero-order valence-corrected chi connectivity index (χ0v) is 16.6. The number of hydrogen-bond donors (Lipinski definition) is 1. The minimum Gasteiger partial charge on any atom is -0.449 e. The first-order chi connectivity index (χ1) is 13.4. The van der Waals surface area contributed by atoms with Gasteiger partial charge in [0.15, 0.2) is 6.10 Å². The van der Waals surface area contributed by atoms with Gasteiger partial charge in [0.25, 0.3) is 5.91 Å². The standard InChI is InChI=1S/C20H17Cl2NO5/c1-11(19(24)23-15-8-5-7-14(21)17(15)22)27-20(25)18-13(10-26-2)12-6-3-4-9-16(12)28-18/h3-9,11H,10H2,1-2H3,(H,23,24). The third-order valence-corrected chi connectivity index (χ3v) is 4.85. The summed E-state index contributed by atoms with van der Waals surface area (Å²) >= 11 is 12.0. The maximum atomic E-state index is 12.6. The number of benzene rings is 2. The minimum absolute atomic E-state index is 0.00323. The highest BCUT2D eigenvalue weighted by molar-refractivity contribution is 6.44. The number of furan rings is 1. The smallest absolute Gasteiger partial charge is 0.375 e. The van der Waals surface area contributed by atoms with Gasteiger partial charge in [0.05, 0.1) is 22.3 Å². The van der Waals surface area contributed by atoms with Crippen LogP contribution in [0, 0.1) is 0 Å². The Balaban J connectivity index is 1.77. The molecule has 1 amide bonds. The Morgan fingerprint density at radius 1 is 1.14 bits per heavy atom. The molecule has 1 aromatic heterocycles. The van der Waals surface area contributed by atoms with Crippen molar-refractivity contribution in [2.45, 2.75) is 19.6 Å². The molecular weight excluding hydrogens is 405 g/mol. The van der Waals surface area contributed by atoms with Crippen LogP contribution in [-0.4, -0.2) is 25.1 Å². The van der Waals surface area contributed by atoms with Gasteiger partial charge in [-0.25, -0.2) is 4.79 Å². The normalized spacial score (nSPS) is 12.0. The molecule has 0 aliphatic carbocycles. The molecule has 2 aromatic carbocycles. The second kappa shape index (κ2) is 8.65. The number of esters is 1. The predicted molar refractivity (Wildman–Crippen MR) is 107 cm³/mol. The van der Waals surface area contributed by atoms with Crippen LogP contribution < -0.4 is 5.32 Å².